The molecule has 1 heterocycles. The summed E-state index contributed by atoms with van der Waals surface area (Å²) in [6.07, 6.45) is 2.41. The number of rotatable bonds is 7. The van der Waals surface area contributed by atoms with Crippen molar-refractivity contribution in [3.8, 4) is 5.75 Å². The van der Waals surface area contributed by atoms with Gasteiger partial charge in [0.15, 0.2) is 10.1 Å². The third kappa shape index (κ3) is 3.78. The number of nitrogens with zero attached hydrogens (tertiary/aromatic N) is 2. The number of hydrogen-bond acceptors (Lipinski definition) is 7. The number of thioether (sulfide) groups is 1. The molecule has 1 aromatic carbocycles. The van der Waals surface area contributed by atoms with Gasteiger partial charge in [-0.05, 0) is 44.0 Å². The molecule has 0 unspecified atom stereocenters. The normalized spacial score (nSPS) is 15.4. The third-order valence-corrected chi connectivity index (χ3v) is 5.37. The van der Waals surface area contributed by atoms with Crippen LogP contribution in [0.3, 0.4) is 0 Å². The van der Waals surface area contributed by atoms with Gasteiger partial charge in [-0.1, -0.05) is 23.1 Å². The van der Waals surface area contributed by atoms with Gasteiger partial charge in [0, 0.05) is 11.6 Å². The molecule has 5 nitrogen and oxygen atoms in total. The van der Waals surface area contributed by atoms with E-state index in [4.69, 9.17) is 4.74 Å². The van der Waals surface area contributed by atoms with E-state index in [2.05, 4.69) is 15.5 Å². The molecule has 0 amide bonds. The Balaban J connectivity index is 1.60. The summed E-state index contributed by atoms with van der Waals surface area (Å²) in [4.78, 5) is 12.4. The minimum atomic E-state index is -0.199. The van der Waals surface area contributed by atoms with Crippen molar-refractivity contribution in [1.82, 2.24) is 10.2 Å². The van der Waals surface area contributed by atoms with E-state index in [9.17, 15) is 4.79 Å². The third-order valence-electron chi connectivity index (χ3n) is 3.33. The number of benzene rings is 1. The number of carbonyl (C=O) groups is 1. The minimum absolute atomic E-state index is 0.0829. The number of ketones is 1. The molecule has 3 rings (SSSR count). The predicted molar refractivity (Wildman–Crippen MR) is 89.2 cm³/mol. The second-order valence-corrected chi connectivity index (χ2v) is 7.71. The first-order chi connectivity index (χ1) is 10.7. The second kappa shape index (κ2) is 6.66. The number of hydrogen-bond donors (Lipinski definition) is 1. The van der Waals surface area contributed by atoms with Gasteiger partial charge in [-0.25, -0.2) is 0 Å². The van der Waals surface area contributed by atoms with Gasteiger partial charge in [-0.2, -0.15) is 0 Å². The summed E-state index contributed by atoms with van der Waals surface area (Å²) in [5.41, 5.74) is 0.682. The van der Waals surface area contributed by atoms with Gasteiger partial charge < -0.3 is 10.1 Å². The zero-order valence-electron chi connectivity index (χ0n) is 12.4. The van der Waals surface area contributed by atoms with E-state index in [0.29, 0.717) is 11.6 Å². The molecule has 7 heteroatoms. The second-order valence-electron chi connectivity index (χ2n) is 5.14. The first kappa shape index (κ1) is 15.3. The van der Waals surface area contributed by atoms with Crippen molar-refractivity contribution in [1.29, 1.82) is 0 Å². The summed E-state index contributed by atoms with van der Waals surface area (Å²) in [6.45, 7) is 1.90. The number of ether oxygens (including phenoxy) is 1. The van der Waals surface area contributed by atoms with E-state index in [1.165, 1.54) is 35.9 Å². The number of aromatic nitrogens is 2. The Kier molecular flexibility index (Phi) is 4.63. The van der Waals surface area contributed by atoms with Crippen molar-refractivity contribution >= 4 is 34.0 Å². The number of anilines is 1. The maximum Gasteiger partial charge on any atom is 0.206 e. The first-order valence-corrected chi connectivity index (χ1v) is 8.80. The van der Waals surface area contributed by atoms with Crippen molar-refractivity contribution in [3.05, 3.63) is 29.8 Å². The fourth-order valence-electron chi connectivity index (χ4n) is 1.91. The summed E-state index contributed by atoms with van der Waals surface area (Å²) >= 11 is 2.95. The standard InChI is InChI=1S/C15H17N3O2S2/c1-9(13(19)10-3-7-12(20-2)8-4-10)21-15-18-17-14(22-15)16-11-5-6-11/h3-4,7-9,11H,5-6H2,1-2H3,(H,16,17)/t9-/m1/s1. The monoisotopic (exact) mass is 335 g/mol. The molecule has 1 fully saturated rings. The number of Topliss-reactive ketones (excluding diaryl/α,β-unsaturated/α-hetero) is 1. The van der Waals surface area contributed by atoms with Gasteiger partial charge in [0.25, 0.3) is 0 Å². The van der Waals surface area contributed by atoms with E-state index < -0.39 is 0 Å². The molecule has 1 saturated carbocycles. The lowest BCUT2D eigenvalue weighted by Crippen LogP contribution is -2.13. The van der Waals surface area contributed by atoms with Crippen molar-refractivity contribution < 1.29 is 9.53 Å². The summed E-state index contributed by atoms with van der Waals surface area (Å²) in [5.74, 6) is 0.830. The number of methoxy groups -OCH3 is 1. The van der Waals surface area contributed by atoms with Crippen LogP contribution in [0.2, 0.25) is 0 Å². The van der Waals surface area contributed by atoms with Crippen LogP contribution in [-0.4, -0.2) is 34.4 Å². The Labute approximate surface area is 137 Å². The van der Waals surface area contributed by atoms with E-state index in [1.54, 1.807) is 31.4 Å². The van der Waals surface area contributed by atoms with E-state index in [1.807, 2.05) is 6.92 Å². The first-order valence-electron chi connectivity index (χ1n) is 7.10. The molecule has 0 saturated heterocycles. The van der Waals surface area contributed by atoms with E-state index in [-0.39, 0.29) is 11.0 Å². The Morgan fingerprint density at radius 1 is 1.36 bits per heavy atom. The maximum atomic E-state index is 12.4. The lowest BCUT2D eigenvalue weighted by molar-refractivity contribution is 0.0994. The summed E-state index contributed by atoms with van der Waals surface area (Å²) in [6, 6.07) is 7.74. The van der Waals surface area contributed by atoms with Crippen LogP contribution in [0, 0.1) is 0 Å². The highest BCUT2D eigenvalue weighted by Crippen LogP contribution is 2.33. The van der Waals surface area contributed by atoms with Gasteiger partial charge in [0.05, 0.1) is 12.4 Å². The van der Waals surface area contributed by atoms with Crippen LogP contribution < -0.4 is 10.1 Å². The highest BCUT2D eigenvalue weighted by atomic mass is 32.2. The highest BCUT2D eigenvalue weighted by Gasteiger charge is 2.23. The zero-order chi connectivity index (χ0) is 15.5. The zero-order valence-corrected chi connectivity index (χ0v) is 14.0. The smallest absolute Gasteiger partial charge is 0.206 e. The Hall–Kier alpha value is -1.60. The van der Waals surface area contributed by atoms with Crippen LogP contribution in [0.5, 0.6) is 5.75 Å². The Morgan fingerprint density at radius 3 is 2.73 bits per heavy atom. The van der Waals surface area contributed by atoms with Gasteiger partial charge in [0.2, 0.25) is 5.13 Å². The maximum absolute atomic E-state index is 12.4. The largest absolute Gasteiger partial charge is 0.497 e. The molecule has 22 heavy (non-hydrogen) atoms. The molecule has 1 aliphatic rings. The quantitative estimate of drug-likeness (QED) is 0.617. The van der Waals surface area contributed by atoms with Gasteiger partial charge in [0.1, 0.15) is 5.75 Å². The fourth-order valence-corrected chi connectivity index (χ4v) is 3.96. The Morgan fingerprint density at radius 2 is 2.09 bits per heavy atom. The van der Waals surface area contributed by atoms with Gasteiger partial charge >= 0.3 is 0 Å². The minimum Gasteiger partial charge on any atom is -0.497 e. The van der Waals surface area contributed by atoms with Crippen LogP contribution >= 0.6 is 23.1 Å². The van der Waals surface area contributed by atoms with Crippen LogP contribution in [0.15, 0.2) is 28.6 Å². The van der Waals surface area contributed by atoms with Crippen molar-refractivity contribution in [3.63, 3.8) is 0 Å². The molecule has 0 bridgehead atoms. The molecule has 116 valence electrons. The van der Waals surface area contributed by atoms with Crippen molar-refractivity contribution in [2.24, 2.45) is 0 Å². The fraction of sp³-hybridized carbons (Fsp3) is 0.400. The lowest BCUT2D eigenvalue weighted by Gasteiger charge is -2.08. The number of nitrogens with one attached hydrogen (secondary N) is 1. The molecular formula is C15H17N3O2S2. The molecule has 1 aliphatic carbocycles. The molecule has 1 atom stereocenters. The summed E-state index contributed by atoms with van der Waals surface area (Å²) < 4.78 is 5.92. The topological polar surface area (TPSA) is 64.1 Å². The van der Waals surface area contributed by atoms with Crippen molar-refractivity contribution in [2.75, 3.05) is 12.4 Å². The Bertz CT molecular complexity index is 653. The SMILES string of the molecule is COc1ccc(C(=O)[C@@H](C)Sc2nnc(NC3CC3)s2)cc1. The highest BCUT2D eigenvalue weighted by molar-refractivity contribution is 8.02. The molecule has 1 aromatic heterocycles. The van der Waals surface area contributed by atoms with E-state index in [0.717, 1.165) is 15.2 Å². The molecule has 1 N–H and O–H groups in total. The summed E-state index contributed by atoms with van der Waals surface area (Å²) in [5, 5.41) is 12.2. The predicted octanol–water partition coefficient (Wildman–Crippen LogP) is 3.48. The lowest BCUT2D eigenvalue weighted by atomic mass is 10.1. The molecule has 2 aromatic rings. The molecule has 0 aliphatic heterocycles. The van der Waals surface area contributed by atoms with E-state index >= 15 is 0 Å². The number of carbonyl (C=O) groups excluding carboxylic acids is 1. The van der Waals surface area contributed by atoms with Crippen LogP contribution in [-0.2, 0) is 0 Å². The summed E-state index contributed by atoms with van der Waals surface area (Å²) in [7, 11) is 1.61. The van der Waals surface area contributed by atoms with Crippen LogP contribution in [0.1, 0.15) is 30.1 Å². The molecular weight excluding hydrogens is 318 g/mol. The van der Waals surface area contributed by atoms with Crippen molar-refractivity contribution in [2.45, 2.75) is 35.4 Å². The van der Waals surface area contributed by atoms with Crippen LogP contribution in [0.4, 0.5) is 5.13 Å². The molecule has 0 radical (unpaired) electrons. The average Bonchev–Trinajstić information content (AvgIpc) is 3.25. The van der Waals surface area contributed by atoms with Gasteiger partial charge in [-0.3, -0.25) is 4.79 Å². The average molecular weight is 335 g/mol. The van der Waals surface area contributed by atoms with Crippen LogP contribution in [0.25, 0.3) is 0 Å². The van der Waals surface area contributed by atoms with Gasteiger partial charge in [-0.15, -0.1) is 10.2 Å². The molecule has 0 spiro atoms.